The number of sulfonamides is 1. The maximum absolute atomic E-state index is 12.2. The molecule has 2 aromatic rings. The summed E-state index contributed by atoms with van der Waals surface area (Å²) >= 11 is 0. The van der Waals surface area contributed by atoms with E-state index in [1.165, 1.54) is 11.8 Å². The zero-order chi connectivity index (χ0) is 19.7. The van der Waals surface area contributed by atoms with Crippen molar-refractivity contribution >= 4 is 21.6 Å². The highest BCUT2D eigenvalue weighted by Crippen LogP contribution is 2.19. The van der Waals surface area contributed by atoms with Crippen LogP contribution in [0.3, 0.4) is 0 Å². The molecular formula is C20H23N3O3S. The molecule has 2 aromatic carbocycles. The molecule has 142 valence electrons. The predicted molar refractivity (Wildman–Crippen MR) is 106 cm³/mol. The molecule has 0 aromatic heterocycles. The van der Waals surface area contributed by atoms with E-state index in [1.54, 1.807) is 24.3 Å². The maximum Gasteiger partial charge on any atom is 0.223 e. The second-order valence-electron chi connectivity index (χ2n) is 6.10. The summed E-state index contributed by atoms with van der Waals surface area (Å²) in [7, 11) is -3.42. The smallest absolute Gasteiger partial charge is 0.223 e. The van der Waals surface area contributed by atoms with E-state index in [-0.39, 0.29) is 24.7 Å². The number of nitrogens with one attached hydrogen (secondary N) is 1. The molecule has 7 heteroatoms. The Kier molecular flexibility index (Phi) is 7.53. The summed E-state index contributed by atoms with van der Waals surface area (Å²) in [5.41, 5.74) is 1.96. The molecule has 0 unspecified atom stereocenters. The molecule has 0 saturated carbocycles. The van der Waals surface area contributed by atoms with Crippen molar-refractivity contribution in [2.24, 2.45) is 0 Å². The zero-order valence-corrected chi connectivity index (χ0v) is 16.1. The van der Waals surface area contributed by atoms with Gasteiger partial charge >= 0.3 is 0 Å². The van der Waals surface area contributed by atoms with Gasteiger partial charge in [0.05, 0.1) is 17.0 Å². The Morgan fingerprint density at radius 1 is 1.11 bits per heavy atom. The van der Waals surface area contributed by atoms with Crippen LogP contribution in [-0.4, -0.2) is 33.2 Å². The molecule has 2 rings (SSSR count). The lowest BCUT2D eigenvalue weighted by atomic mass is 10.1. The number of anilines is 1. The van der Waals surface area contributed by atoms with Crippen molar-refractivity contribution in [2.75, 3.05) is 23.7 Å². The number of aryl methyl sites for hydroxylation is 1. The summed E-state index contributed by atoms with van der Waals surface area (Å²) in [5, 5.41) is 9.20. The molecule has 6 nitrogen and oxygen atoms in total. The van der Waals surface area contributed by atoms with E-state index in [0.717, 1.165) is 5.56 Å². The number of amides is 1. The molecule has 1 amide bonds. The second kappa shape index (κ2) is 9.86. The Morgan fingerprint density at radius 2 is 1.78 bits per heavy atom. The highest BCUT2D eigenvalue weighted by atomic mass is 32.2. The second-order valence-corrected chi connectivity index (χ2v) is 8.03. The van der Waals surface area contributed by atoms with Gasteiger partial charge in [-0.15, -0.1) is 0 Å². The Labute approximate surface area is 160 Å². The topological polar surface area (TPSA) is 90.3 Å². The summed E-state index contributed by atoms with van der Waals surface area (Å²) < 4.78 is 26.9. The van der Waals surface area contributed by atoms with Crippen LogP contribution in [0.1, 0.15) is 24.5 Å². The number of carbonyl (C=O) groups excluding carboxylic acids is 1. The van der Waals surface area contributed by atoms with Gasteiger partial charge in [0.1, 0.15) is 6.07 Å². The number of para-hydroxylation sites is 1. The highest BCUT2D eigenvalue weighted by molar-refractivity contribution is 7.89. The predicted octanol–water partition coefficient (Wildman–Crippen LogP) is 2.46. The number of hydrogen-bond acceptors (Lipinski definition) is 4. The Hall–Kier alpha value is -2.69. The third-order valence-electron chi connectivity index (χ3n) is 4.07. The number of benzene rings is 2. The molecule has 0 spiro atoms. The molecule has 0 aliphatic carbocycles. The molecule has 0 aliphatic heterocycles. The standard InChI is InChI=1S/C20H23N3O3S/c1-17(24)23(20-12-6-5-11-19(20)16-21)14-13-22-27(25,26)15-7-10-18-8-3-2-4-9-18/h2-6,8-9,11-12,22H,7,10,13-15H2,1H3. The molecular weight excluding hydrogens is 362 g/mol. The van der Waals surface area contributed by atoms with Crippen molar-refractivity contribution in [1.29, 1.82) is 5.26 Å². The van der Waals surface area contributed by atoms with Gasteiger partial charge in [0, 0.05) is 20.0 Å². The molecule has 0 radical (unpaired) electrons. The molecule has 0 aliphatic rings. The summed E-state index contributed by atoms with van der Waals surface area (Å²) in [6, 6.07) is 18.5. The van der Waals surface area contributed by atoms with Crippen LogP contribution in [0.15, 0.2) is 54.6 Å². The van der Waals surface area contributed by atoms with Crippen molar-refractivity contribution < 1.29 is 13.2 Å². The lowest BCUT2D eigenvalue weighted by Gasteiger charge is -2.22. The minimum atomic E-state index is -3.42. The van der Waals surface area contributed by atoms with Gasteiger partial charge in [0.2, 0.25) is 15.9 Å². The van der Waals surface area contributed by atoms with E-state index in [4.69, 9.17) is 0 Å². The lowest BCUT2D eigenvalue weighted by Crippen LogP contribution is -2.38. The van der Waals surface area contributed by atoms with Gasteiger partial charge in [-0.05, 0) is 30.5 Å². The van der Waals surface area contributed by atoms with Crippen molar-refractivity contribution in [3.63, 3.8) is 0 Å². The maximum atomic E-state index is 12.2. The van der Waals surface area contributed by atoms with E-state index in [2.05, 4.69) is 4.72 Å². The molecule has 0 atom stereocenters. The van der Waals surface area contributed by atoms with Gasteiger partial charge in [-0.3, -0.25) is 4.79 Å². The lowest BCUT2D eigenvalue weighted by molar-refractivity contribution is -0.116. The number of nitrogens with zero attached hydrogens (tertiary/aromatic N) is 2. The first-order valence-corrected chi connectivity index (χ1v) is 10.4. The zero-order valence-electron chi connectivity index (χ0n) is 15.3. The molecule has 27 heavy (non-hydrogen) atoms. The van der Waals surface area contributed by atoms with Crippen molar-refractivity contribution in [3.8, 4) is 6.07 Å². The monoisotopic (exact) mass is 385 g/mol. The van der Waals surface area contributed by atoms with Crippen LogP contribution in [0.5, 0.6) is 0 Å². The number of nitriles is 1. The van der Waals surface area contributed by atoms with Gasteiger partial charge in [-0.25, -0.2) is 13.1 Å². The average molecular weight is 385 g/mol. The van der Waals surface area contributed by atoms with Gasteiger partial charge in [-0.2, -0.15) is 5.26 Å². The fourth-order valence-corrected chi connectivity index (χ4v) is 3.82. The first-order chi connectivity index (χ1) is 12.9. The summed E-state index contributed by atoms with van der Waals surface area (Å²) in [6.07, 6.45) is 1.21. The Balaban J connectivity index is 1.88. The Bertz CT molecular complexity index is 906. The molecule has 0 saturated heterocycles. The van der Waals surface area contributed by atoms with Crippen LogP contribution in [0, 0.1) is 11.3 Å². The quantitative estimate of drug-likeness (QED) is 0.718. The fourth-order valence-electron chi connectivity index (χ4n) is 2.75. The highest BCUT2D eigenvalue weighted by Gasteiger charge is 2.16. The molecule has 0 bridgehead atoms. The van der Waals surface area contributed by atoms with Gasteiger partial charge in [0.25, 0.3) is 0 Å². The van der Waals surface area contributed by atoms with Crippen LogP contribution >= 0.6 is 0 Å². The minimum absolute atomic E-state index is 0.0246. The fraction of sp³-hybridized carbons (Fsp3) is 0.300. The van der Waals surface area contributed by atoms with Crippen LogP contribution in [-0.2, 0) is 21.2 Å². The SMILES string of the molecule is CC(=O)N(CCNS(=O)(=O)CCCc1ccccc1)c1ccccc1C#N. The van der Waals surface area contributed by atoms with Crippen LogP contribution in [0.2, 0.25) is 0 Å². The summed E-state index contributed by atoms with van der Waals surface area (Å²) in [4.78, 5) is 13.3. The number of hydrogen-bond donors (Lipinski definition) is 1. The first kappa shape index (κ1) is 20.6. The van der Waals surface area contributed by atoms with E-state index in [1.807, 2.05) is 36.4 Å². The largest absolute Gasteiger partial charge is 0.310 e. The van der Waals surface area contributed by atoms with Crippen molar-refractivity contribution in [3.05, 3.63) is 65.7 Å². The normalized spacial score (nSPS) is 11.0. The molecule has 0 heterocycles. The van der Waals surface area contributed by atoms with Crippen LogP contribution in [0.4, 0.5) is 5.69 Å². The van der Waals surface area contributed by atoms with Gasteiger partial charge < -0.3 is 4.90 Å². The van der Waals surface area contributed by atoms with Crippen molar-refractivity contribution in [2.45, 2.75) is 19.8 Å². The molecule has 0 fully saturated rings. The molecule has 1 N–H and O–H groups in total. The first-order valence-electron chi connectivity index (χ1n) is 8.71. The van der Waals surface area contributed by atoms with E-state index < -0.39 is 10.0 Å². The van der Waals surface area contributed by atoms with Crippen LogP contribution < -0.4 is 9.62 Å². The summed E-state index contributed by atoms with van der Waals surface area (Å²) in [5.74, 6) is -0.225. The van der Waals surface area contributed by atoms with Crippen molar-refractivity contribution in [1.82, 2.24) is 4.72 Å². The average Bonchev–Trinajstić information content (AvgIpc) is 2.65. The van der Waals surface area contributed by atoms with Crippen LogP contribution in [0.25, 0.3) is 0 Å². The Morgan fingerprint density at radius 3 is 2.44 bits per heavy atom. The third-order valence-corrected chi connectivity index (χ3v) is 5.54. The number of rotatable bonds is 9. The minimum Gasteiger partial charge on any atom is -0.310 e. The van der Waals surface area contributed by atoms with E-state index in [0.29, 0.717) is 24.1 Å². The summed E-state index contributed by atoms with van der Waals surface area (Å²) in [6.45, 7) is 1.64. The number of carbonyl (C=O) groups is 1. The van der Waals surface area contributed by atoms with E-state index in [9.17, 15) is 18.5 Å². The van der Waals surface area contributed by atoms with Gasteiger partial charge in [0.15, 0.2) is 0 Å². The third kappa shape index (κ3) is 6.51. The van der Waals surface area contributed by atoms with Gasteiger partial charge in [-0.1, -0.05) is 42.5 Å². The van der Waals surface area contributed by atoms with E-state index >= 15 is 0 Å².